The molecular formula is C11H9N3O3S3. The summed E-state index contributed by atoms with van der Waals surface area (Å²) < 4.78 is 28.1. The standard InChI is InChI=1S/C11H9N3O3S3/c15-5-9-10(7-3-1-2-4-8(7)19-9)20(16,17)14-11-13-12-6-18-11/h1-4,6,15H,5H2,(H,13,14). The van der Waals surface area contributed by atoms with Crippen molar-refractivity contribution >= 4 is 47.9 Å². The van der Waals surface area contributed by atoms with Crippen LogP contribution in [0.4, 0.5) is 5.13 Å². The third-order valence-corrected chi connectivity index (χ3v) is 6.10. The number of sulfonamides is 1. The van der Waals surface area contributed by atoms with Crippen LogP contribution in [0.15, 0.2) is 34.7 Å². The average Bonchev–Trinajstić information content (AvgIpc) is 3.04. The molecule has 0 aliphatic heterocycles. The van der Waals surface area contributed by atoms with Crippen LogP contribution >= 0.6 is 22.7 Å². The second-order valence-corrected chi connectivity index (χ2v) is 7.45. The predicted molar refractivity (Wildman–Crippen MR) is 78.5 cm³/mol. The molecule has 0 atom stereocenters. The molecular weight excluding hydrogens is 318 g/mol. The topological polar surface area (TPSA) is 92.2 Å². The summed E-state index contributed by atoms with van der Waals surface area (Å²) in [4.78, 5) is 0.513. The van der Waals surface area contributed by atoms with E-state index in [1.165, 1.54) is 16.8 Å². The van der Waals surface area contributed by atoms with E-state index in [-0.39, 0.29) is 16.6 Å². The van der Waals surface area contributed by atoms with E-state index < -0.39 is 10.0 Å². The number of hydrogen-bond donors (Lipinski definition) is 2. The van der Waals surface area contributed by atoms with Gasteiger partial charge in [-0.05, 0) is 6.07 Å². The number of anilines is 1. The van der Waals surface area contributed by atoms with E-state index in [0.29, 0.717) is 10.3 Å². The fourth-order valence-electron chi connectivity index (χ4n) is 1.85. The molecule has 0 saturated carbocycles. The lowest BCUT2D eigenvalue weighted by Gasteiger charge is -2.05. The molecule has 3 rings (SSSR count). The predicted octanol–water partition coefficient (Wildman–Crippen LogP) is 2.05. The second-order valence-electron chi connectivity index (χ2n) is 3.86. The molecule has 20 heavy (non-hydrogen) atoms. The van der Waals surface area contributed by atoms with Gasteiger partial charge in [-0.15, -0.1) is 21.5 Å². The minimum absolute atomic E-state index is 0.107. The summed E-state index contributed by atoms with van der Waals surface area (Å²) in [5, 5.41) is 17.4. The Morgan fingerprint density at radius 1 is 1.30 bits per heavy atom. The zero-order chi connectivity index (χ0) is 14.2. The number of hydrogen-bond acceptors (Lipinski definition) is 7. The number of rotatable bonds is 4. The fraction of sp³-hybridized carbons (Fsp3) is 0.0909. The van der Waals surface area contributed by atoms with Crippen molar-refractivity contribution in [3.8, 4) is 0 Å². The Morgan fingerprint density at radius 3 is 2.80 bits per heavy atom. The monoisotopic (exact) mass is 327 g/mol. The Labute approximate surface area is 122 Å². The number of benzene rings is 1. The van der Waals surface area contributed by atoms with Crippen LogP contribution in [0.3, 0.4) is 0 Å². The first kappa shape index (κ1) is 13.4. The molecule has 3 aromatic rings. The minimum Gasteiger partial charge on any atom is -0.391 e. The lowest BCUT2D eigenvalue weighted by Crippen LogP contribution is -2.14. The first-order chi connectivity index (χ1) is 9.62. The van der Waals surface area contributed by atoms with Crippen molar-refractivity contribution < 1.29 is 13.5 Å². The van der Waals surface area contributed by atoms with E-state index in [4.69, 9.17) is 0 Å². The molecule has 0 saturated heterocycles. The molecule has 0 radical (unpaired) electrons. The molecule has 0 amide bonds. The maximum atomic E-state index is 12.5. The minimum atomic E-state index is -3.80. The SMILES string of the molecule is O=S(=O)(Nc1nncs1)c1c(CO)sc2ccccc12. The van der Waals surface area contributed by atoms with Crippen LogP contribution in [0, 0.1) is 0 Å². The van der Waals surface area contributed by atoms with Gasteiger partial charge in [-0.2, -0.15) is 0 Å². The quantitative estimate of drug-likeness (QED) is 0.765. The van der Waals surface area contributed by atoms with E-state index in [0.717, 1.165) is 16.0 Å². The Morgan fingerprint density at radius 2 is 2.10 bits per heavy atom. The van der Waals surface area contributed by atoms with Gasteiger partial charge in [0.15, 0.2) is 0 Å². The van der Waals surface area contributed by atoms with Gasteiger partial charge in [-0.25, -0.2) is 8.42 Å². The zero-order valence-corrected chi connectivity index (χ0v) is 12.4. The van der Waals surface area contributed by atoms with Gasteiger partial charge in [0.1, 0.15) is 10.4 Å². The van der Waals surface area contributed by atoms with Gasteiger partial charge in [0, 0.05) is 10.1 Å². The largest absolute Gasteiger partial charge is 0.391 e. The average molecular weight is 327 g/mol. The van der Waals surface area contributed by atoms with Gasteiger partial charge in [-0.3, -0.25) is 4.72 Å². The molecule has 0 aliphatic carbocycles. The van der Waals surface area contributed by atoms with Crippen molar-refractivity contribution in [3.63, 3.8) is 0 Å². The van der Waals surface area contributed by atoms with E-state index in [2.05, 4.69) is 14.9 Å². The Kier molecular flexibility index (Phi) is 3.42. The number of nitrogens with zero attached hydrogens (tertiary/aromatic N) is 2. The Balaban J connectivity index is 2.17. The van der Waals surface area contributed by atoms with Gasteiger partial charge in [0.2, 0.25) is 5.13 Å². The number of aliphatic hydroxyl groups excluding tert-OH is 1. The van der Waals surface area contributed by atoms with Crippen LogP contribution in [-0.4, -0.2) is 23.7 Å². The highest BCUT2D eigenvalue weighted by molar-refractivity contribution is 7.93. The Hall–Kier alpha value is -1.55. The van der Waals surface area contributed by atoms with Crippen LogP contribution in [0.25, 0.3) is 10.1 Å². The molecule has 2 aromatic heterocycles. The maximum Gasteiger partial charge on any atom is 0.265 e. The molecule has 9 heteroatoms. The smallest absolute Gasteiger partial charge is 0.265 e. The van der Waals surface area contributed by atoms with Gasteiger partial charge in [0.05, 0.1) is 11.5 Å². The first-order valence-corrected chi connectivity index (χ1v) is 8.70. The zero-order valence-electron chi connectivity index (χ0n) is 9.98. The highest BCUT2D eigenvalue weighted by Crippen LogP contribution is 2.35. The molecule has 1 aromatic carbocycles. The van der Waals surface area contributed by atoms with Crippen LogP contribution in [0.2, 0.25) is 0 Å². The first-order valence-electron chi connectivity index (χ1n) is 5.52. The molecule has 0 aliphatic rings. The van der Waals surface area contributed by atoms with Gasteiger partial charge in [-0.1, -0.05) is 29.5 Å². The highest BCUT2D eigenvalue weighted by atomic mass is 32.2. The molecule has 0 bridgehead atoms. The molecule has 2 heterocycles. The molecule has 0 spiro atoms. The lowest BCUT2D eigenvalue weighted by molar-refractivity contribution is 0.283. The normalized spacial score (nSPS) is 11.8. The van der Waals surface area contributed by atoms with E-state index >= 15 is 0 Å². The molecule has 0 unspecified atom stereocenters. The van der Waals surface area contributed by atoms with Gasteiger partial charge in [0.25, 0.3) is 10.0 Å². The van der Waals surface area contributed by atoms with Crippen molar-refractivity contribution in [2.45, 2.75) is 11.5 Å². The molecule has 0 fully saturated rings. The summed E-state index contributed by atoms with van der Waals surface area (Å²) in [6.07, 6.45) is 0. The molecule has 104 valence electrons. The van der Waals surface area contributed by atoms with Crippen molar-refractivity contribution in [2.24, 2.45) is 0 Å². The van der Waals surface area contributed by atoms with Crippen molar-refractivity contribution in [1.82, 2.24) is 10.2 Å². The highest BCUT2D eigenvalue weighted by Gasteiger charge is 2.25. The second kappa shape index (κ2) is 5.09. The third kappa shape index (κ3) is 2.29. The van der Waals surface area contributed by atoms with Crippen LogP contribution in [0.1, 0.15) is 4.88 Å². The van der Waals surface area contributed by atoms with E-state index in [9.17, 15) is 13.5 Å². The van der Waals surface area contributed by atoms with Crippen LogP contribution < -0.4 is 4.72 Å². The molecule has 6 nitrogen and oxygen atoms in total. The number of aromatic nitrogens is 2. The number of aliphatic hydroxyl groups is 1. The number of fused-ring (bicyclic) bond motifs is 1. The summed E-state index contributed by atoms with van der Waals surface area (Å²) in [5.74, 6) is 0. The third-order valence-electron chi connectivity index (χ3n) is 2.61. The van der Waals surface area contributed by atoms with Gasteiger partial charge >= 0.3 is 0 Å². The summed E-state index contributed by atoms with van der Waals surface area (Å²) in [7, 11) is -3.80. The summed E-state index contributed by atoms with van der Waals surface area (Å²) >= 11 is 2.36. The number of nitrogens with one attached hydrogen (secondary N) is 1. The van der Waals surface area contributed by atoms with Gasteiger partial charge < -0.3 is 5.11 Å². The van der Waals surface area contributed by atoms with E-state index in [1.807, 2.05) is 12.1 Å². The van der Waals surface area contributed by atoms with E-state index in [1.54, 1.807) is 12.1 Å². The van der Waals surface area contributed by atoms with Crippen LogP contribution in [0.5, 0.6) is 0 Å². The lowest BCUT2D eigenvalue weighted by atomic mass is 10.2. The summed E-state index contributed by atoms with van der Waals surface area (Å²) in [5.41, 5.74) is 1.44. The van der Waals surface area contributed by atoms with Crippen molar-refractivity contribution in [1.29, 1.82) is 0 Å². The van der Waals surface area contributed by atoms with Crippen molar-refractivity contribution in [3.05, 3.63) is 34.7 Å². The van der Waals surface area contributed by atoms with Crippen LogP contribution in [-0.2, 0) is 16.6 Å². The summed E-state index contributed by atoms with van der Waals surface area (Å²) in [6.45, 7) is -0.328. The Bertz CT molecular complexity index is 840. The number of thiophene rings is 1. The summed E-state index contributed by atoms with van der Waals surface area (Å²) in [6, 6.07) is 7.14. The fourth-order valence-corrected chi connectivity index (χ4v) is 5.35. The molecule has 2 N–H and O–H groups in total. The maximum absolute atomic E-state index is 12.5. The van der Waals surface area contributed by atoms with Crippen molar-refractivity contribution in [2.75, 3.05) is 4.72 Å².